The average Bonchev–Trinajstić information content (AvgIpc) is 2.80. The molecule has 168 valence electrons. The van der Waals surface area contributed by atoms with Crippen LogP contribution in [0.2, 0.25) is 5.02 Å². The van der Waals surface area contributed by atoms with Gasteiger partial charge in [-0.2, -0.15) is 0 Å². The van der Waals surface area contributed by atoms with Gasteiger partial charge in [0.15, 0.2) is 0 Å². The van der Waals surface area contributed by atoms with Crippen LogP contribution in [0.5, 0.6) is 0 Å². The molecule has 0 unspecified atom stereocenters. The van der Waals surface area contributed by atoms with Gasteiger partial charge in [0, 0.05) is 62.9 Å². The summed E-state index contributed by atoms with van der Waals surface area (Å²) in [6, 6.07) is 15.5. The van der Waals surface area contributed by atoms with E-state index in [0.717, 1.165) is 54.5 Å². The molecule has 8 heteroatoms. The molecule has 1 aliphatic heterocycles. The summed E-state index contributed by atoms with van der Waals surface area (Å²) in [5.41, 5.74) is 2.98. The Labute approximate surface area is 192 Å². The van der Waals surface area contributed by atoms with Gasteiger partial charge in [-0.1, -0.05) is 29.8 Å². The van der Waals surface area contributed by atoms with Crippen molar-refractivity contribution < 1.29 is 4.79 Å². The number of anilines is 1. The van der Waals surface area contributed by atoms with Crippen molar-refractivity contribution in [2.45, 2.75) is 19.9 Å². The minimum atomic E-state index is -0.144. The van der Waals surface area contributed by atoms with Crippen molar-refractivity contribution >= 4 is 34.2 Å². The van der Waals surface area contributed by atoms with E-state index in [1.165, 1.54) is 0 Å². The topological polar surface area (TPSA) is 70.5 Å². The van der Waals surface area contributed by atoms with Crippen molar-refractivity contribution in [2.75, 3.05) is 44.2 Å². The van der Waals surface area contributed by atoms with Gasteiger partial charge in [-0.25, -0.2) is 4.98 Å². The molecule has 1 fully saturated rings. The number of carbonyl (C=O) groups is 1. The number of piperazine rings is 1. The number of amides is 1. The first kappa shape index (κ1) is 22.3. The summed E-state index contributed by atoms with van der Waals surface area (Å²) in [5, 5.41) is 3.74. The second-order valence-electron chi connectivity index (χ2n) is 8.05. The maximum atomic E-state index is 12.5. The lowest BCUT2D eigenvalue weighted by Crippen LogP contribution is -2.48. The molecule has 1 aliphatic rings. The van der Waals surface area contributed by atoms with E-state index < -0.39 is 0 Å². The van der Waals surface area contributed by atoms with Gasteiger partial charge < -0.3 is 14.8 Å². The second kappa shape index (κ2) is 10.1. The molecule has 0 atom stereocenters. The van der Waals surface area contributed by atoms with Gasteiger partial charge in [-0.15, -0.1) is 0 Å². The van der Waals surface area contributed by atoms with E-state index in [2.05, 4.69) is 26.2 Å². The van der Waals surface area contributed by atoms with Crippen molar-refractivity contribution in [3.8, 4) is 0 Å². The van der Waals surface area contributed by atoms with E-state index in [-0.39, 0.29) is 17.9 Å². The molecule has 0 spiro atoms. The first-order valence-electron chi connectivity index (χ1n) is 11.0. The van der Waals surface area contributed by atoms with Crippen LogP contribution in [-0.2, 0) is 11.3 Å². The van der Waals surface area contributed by atoms with Crippen molar-refractivity contribution in [3.05, 3.63) is 69.6 Å². The molecule has 32 heavy (non-hydrogen) atoms. The Bertz CT molecular complexity index is 1150. The highest BCUT2D eigenvalue weighted by molar-refractivity contribution is 6.30. The van der Waals surface area contributed by atoms with Crippen LogP contribution in [0.15, 0.2) is 53.3 Å². The Hall–Kier alpha value is -2.90. The minimum Gasteiger partial charge on any atom is -0.369 e. The van der Waals surface area contributed by atoms with Crippen LogP contribution in [-0.4, -0.2) is 59.6 Å². The number of aromatic nitrogens is 2. The Morgan fingerprint density at radius 3 is 2.62 bits per heavy atom. The Balaban J connectivity index is 1.23. The standard InChI is InChI=1S/C24H28ClN5O2/c1-18-24(32)30(22-8-3-2-7-21(22)27-18)11-9-23(31)26-10-12-28-13-15-29(16-14-28)20-6-4-5-19(25)17-20/h2-8,17H,9-16H2,1H3,(H,26,31). The third-order valence-corrected chi connectivity index (χ3v) is 6.11. The zero-order valence-electron chi connectivity index (χ0n) is 18.3. The molecule has 3 aromatic rings. The van der Waals surface area contributed by atoms with Crippen molar-refractivity contribution in [1.82, 2.24) is 19.8 Å². The van der Waals surface area contributed by atoms with Crippen LogP contribution in [0.25, 0.3) is 11.0 Å². The zero-order chi connectivity index (χ0) is 22.5. The normalized spacial score (nSPS) is 14.6. The smallest absolute Gasteiger partial charge is 0.272 e. The first-order valence-corrected chi connectivity index (χ1v) is 11.3. The molecule has 1 saturated heterocycles. The number of hydrogen-bond acceptors (Lipinski definition) is 5. The van der Waals surface area contributed by atoms with Crippen LogP contribution in [0, 0.1) is 6.92 Å². The number of carbonyl (C=O) groups excluding carboxylic acids is 1. The van der Waals surface area contributed by atoms with Gasteiger partial charge in [0.05, 0.1) is 11.0 Å². The summed E-state index contributed by atoms with van der Waals surface area (Å²) < 4.78 is 1.65. The maximum Gasteiger partial charge on any atom is 0.272 e. The molecule has 2 heterocycles. The highest BCUT2D eigenvalue weighted by Crippen LogP contribution is 2.20. The Morgan fingerprint density at radius 1 is 1.06 bits per heavy atom. The molecular formula is C24H28ClN5O2. The molecule has 0 bridgehead atoms. The van der Waals surface area contributed by atoms with Crippen molar-refractivity contribution in [1.29, 1.82) is 0 Å². The van der Waals surface area contributed by atoms with Gasteiger partial charge in [0.1, 0.15) is 5.69 Å². The Morgan fingerprint density at radius 2 is 1.84 bits per heavy atom. The molecule has 0 radical (unpaired) electrons. The molecule has 1 aromatic heterocycles. The number of hydrogen-bond donors (Lipinski definition) is 1. The summed E-state index contributed by atoms with van der Waals surface area (Å²) in [4.78, 5) is 33.9. The summed E-state index contributed by atoms with van der Waals surface area (Å²) in [6.07, 6.45) is 0.260. The monoisotopic (exact) mass is 453 g/mol. The van der Waals surface area contributed by atoms with Gasteiger partial charge in [-0.05, 0) is 37.3 Å². The second-order valence-corrected chi connectivity index (χ2v) is 8.49. The van der Waals surface area contributed by atoms with Gasteiger partial charge >= 0.3 is 0 Å². The number of nitrogens with one attached hydrogen (secondary N) is 1. The average molecular weight is 454 g/mol. The fourth-order valence-electron chi connectivity index (χ4n) is 4.10. The van der Waals surface area contributed by atoms with E-state index in [1.54, 1.807) is 11.5 Å². The molecule has 4 rings (SSSR count). The molecule has 1 amide bonds. The van der Waals surface area contributed by atoms with E-state index >= 15 is 0 Å². The van der Waals surface area contributed by atoms with E-state index in [0.29, 0.717) is 18.8 Å². The summed E-state index contributed by atoms with van der Waals surface area (Å²) in [7, 11) is 0. The number of halogens is 1. The predicted molar refractivity (Wildman–Crippen MR) is 128 cm³/mol. The largest absolute Gasteiger partial charge is 0.369 e. The van der Waals surface area contributed by atoms with Crippen LogP contribution in [0.1, 0.15) is 12.1 Å². The van der Waals surface area contributed by atoms with Crippen molar-refractivity contribution in [3.63, 3.8) is 0 Å². The molecule has 1 N–H and O–H groups in total. The van der Waals surface area contributed by atoms with Crippen molar-refractivity contribution in [2.24, 2.45) is 0 Å². The lowest BCUT2D eigenvalue weighted by atomic mass is 10.2. The third kappa shape index (κ3) is 5.29. The molecular weight excluding hydrogens is 426 g/mol. The highest BCUT2D eigenvalue weighted by Gasteiger charge is 2.17. The summed E-state index contributed by atoms with van der Waals surface area (Å²) >= 11 is 6.10. The molecule has 0 aliphatic carbocycles. The minimum absolute atomic E-state index is 0.0481. The fraction of sp³-hybridized carbons (Fsp3) is 0.375. The van der Waals surface area contributed by atoms with Crippen LogP contribution < -0.4 is 15.8 Å². The number of nitrogens with zero attached hydrogens (tertiary/aromatic N) is 4. The SMILES string of the molecule is Cc1nc2ccccc2n(CCC(=O)NCCN2CCN(c3cccc(Cl)c3)CC2)c1=O. The van der Waals surface area contributed by atoms with Crippen LogP contribution >= 0.6 is 11.6 Å². The summed E-state index contributed by atoms with van der Waals surface area (Å²) in [6.45, 7) is 7.22. The number of benzene rings is 2. The number of para-hydroxylation sites is 2. The lowest BCUT2D eigenvalue weighted by Gasteiger charge is -2.36. The third-order valence-electron chi connectivity index (χ3n) is 5.87. The van der Waals surface area contributed by atoms with Crippen LogP contribution in [0.3, 0.4) is 0 Å². The maximum absolute atomic E-state index is 12.5. The van der Waals surface area contributed by atoms with E-state index in [9.17, 15) is 9.59 Å². The first-order chi connectivity index (χ1) is 15.5. The predicted octanol–water partition coefficient (Wildman–Crippen LogP) is 2.69. The Kier molecular flexibility index (Phi) is 7.07. The van der Waals surface area contributed by atoms with Gasteiger partial charge in [0.2, 0.25) is 5.91 Å². The number of fused-ring (bicyclic) bond motifs is 1. The molecule has 2 aromatic carbocycles. The molecule has 7 nitrogen and oxygen atoms in total. The van der Waals surface area contributed by atoms with Gasteiger partial charge in [-0.3, -0.25) is 14.5 Å². The van der Waals surface area contributed by atoms with Crippen LogP contribution in [0.4, 0.5) is 5.69 Å². The fourth-order valence-corrected chi connectivity index (χ4v) is 4.28. The molecule has 0 saturated carbocycles. The van der Waals surface area contributed by atoms with Gasteiger partial charge in [0.25, 0.3) is 5.56 Å². The lowest BCUT2D eigenvalue weighted by molar-refractivity contribution is -0.121. The number of rotatable bonds is 7. The summed E-state index contributed by atoms with van der Waals surface area (Å²) in [5.74, 6) is -0.0481. The number of aryl methyl sites for hydroxylation is 2. The zero-order valence-corrected chi connectivity index (χ0v) is 19.0. The van der Waals surface area contributed by atoms with E-state index in [1.807, 2.05) is 42.5 Å². The van der Waals surface area contributed by atoms with E-state index in [4.69, 9.17) is 11.6 Å². The highest BCUT2D eigenvalue weighted by atomic mass is 35.5. The quantitative estimate of drug-likeness (QED) is 0.595.